The van der Waals surface area contributed by atoms with Crippen LogP contribution in [0.3, 0.4) is 0 Å². The summed E-state index contributed by atoms with van der Waals surface area (Å²) in [6.07, 6.45) is 0. The van der Waals surface area contributed by atoms with Gasteiger partial charge >= 0.3 is 0 Å². The Kier molecular flexibility index (Phi) is 4.19. The molecule has 5 heteroatoms. The molecule has 2 nitrogen and oxygen atoms in total. The molecule has 0 aliphatic rings. The van der Waals surface area contributed by atoms with Crippen LogP contribution in [0, 0.1) is 12.7 Å². The molecule has 0 saturated heterocycles. The van der Waals surface area contributed by atoms with E-state index in [0.717, 1.165) is 23.5 Å². The number of thiazole rings is 1. The lowest BCUT2D eigenvalue weighted by Crippen LogP contribution is -2.16. The van der Waals surface area contributed by atoms with Gasteiger partial charge in [0.1, 0.15) is 5.82 Å². The maximum atomic E-state index is 13.4. The van der Waals surface area contributed by atoms with Crippen molar-refractivity contribution in [3.05, 3.63) is 45.7 Å². The number of halogens is 2. The van der Waals surface area contributed by atoms with Crippen molar-refractivity contribution in [2.75, 3.05) is 11.9 Å². The quantitative estimate of drug-likeness (QED) is 0.790. The number of hydrogen-bond donors (Lipinski definition) is 0. The molecule has 0 bridgehead atoms. The Morgan fingerprint density at radius 3 is 2.78 bits per heavy atom. The van der Waals surface area contributed by atoms with Crippen LogP contribution in [0.1, 0.15) is 16.1 Å². The zero-order valence-corrected chi connectivity index (χ0v) is 11.9. The summed E-state index contributed by atoms with van der Waals surface area (Å²) in [5.74, 6) is 0.0640. The summed E-state index contributed by atoms with van der Waals surface area (Å²) in [5, 5.41) is 0. The van der Waals surface area contributed by atoms with Crippen molar-refractivity contribution in [3.63, 3.8) is 0 Å². The molecule has 0 saturated carbocycles. The molecule has 2 rings (SSSR count). The first-order valence-electron chi connectivity index (χ1n) is 5.55. The van der Waals surface area contributed by atoms with Crippen LogP contribution in [0.15, 0.2) is 23.7 Å². The Balaban J connectivity index is 2.20. The summed E-state index contributed by atoms with van der Waals surface area (Å²) < 4.78 is 13.4. The highest BCUT2D eigenvalue weighted by atomic mass is 35.5. The normalized spacial score (nSPS) is 10.7. The van der Waals surface area contributed by atoms with Crippen molar-refractivity contribution < 1.29 is 4.39 Å². The van der Waals surface area contributed by atoms with Crippen molar-refractivity contribution in [2.45, 2.75) is 19.3 Å². The Morgan fingerprint density at radius 2 is 2.17 bits per heavy atom. The molecule has 0 radical (unpaired) electrons. The molecule has 2 aromatic rings. The van der Waals surface area contributed by atoms with Crippen LogP contribution in [-0.4, -0.2) is 12.0 Å². The smallest absolute Gasteiger partial charge is 0.125 e. The zero-order chi connectivity index (χ0) is 13.1. The summed E-state index contributed by atoms with van der Waals surface area (Å²) >= 11 is 7.36. The number of anilines is 1. The maximum absolute atomic E-state index is 13.4. The molecule has 0 unspecified atom stereocenters. The summed E-state index contributed by atoms with van der Waals surface area (Å²) in [6.45, 7) is 2.71. The Hall–Kier alpha value is -1.13. The minimum absolute atomic E-state index is 0.254. The topological polar surface area (TPSA) is 16.1 Å². The molecule has 0 aliphatic heterocycles. The second-order valence-corrected chi connectivity index (χ2v) is 5.37. The number of alkyl halides is 1. The van der Waals surface area contributed by atoms with Crippen LogP contribution in [0.2, 0.25) is 0 Å². The van der Waals surface area contributed by atoms with Gasteiger partial charge in [-0.2, -0.15) is 0 Å². The summed E-state index contributed by atoms with van der Waals surface area (Å²) in [6, 6.07) is 4.89. The molecule has 0 spiro atoms. The number of nitrogens with zero attached hydrogens (tertiary/aromatic N) is 2. The van der Waals surface area contributed by atoms with E-state index in [9.17, 15) is 4.39 Å². The van der Waals surface area contributed by atoms with Gasteiger partial charge in [-0.15, -0.1) is 22.9 Å². The van der Waals surface area contributed by atoms with Gasteiger partial charge in [0.25, 0.3) is 0 Å². The van der Waals surface area contributed by atoms with E-state index in [1.807, 2.05) is 30.4 Å². The monoisotopic (exact) mass is 284 g/mol. The minimum Gasteiger partial charge on any atom is -0.369 e. The van der Waals surface area contributed by atoms with Crippen LogP contribution < -0.4 is 4.90 Å². The second kappa shape index (κ2) is 5.67. The SMILES string of the molecule is Cc1ncsc1CN(C)c1cc(F)cc(CCl)c1. The number of rotatable bonds is 4. The van der Waals surface area contributed by atoms with Gasteiger partial charge in [0.15, 0.2) is 0 Å². The van der Waals surface area contributed by atoms with Crippen LogP contribution in [0.25, 0.3) is 0 Å². The summed E-state index contributed by atoms with van der Waals surface area (Å²) in [4.78, 5) is 7.40. The Bertz CT molecular complexity index is 542. The standard InChI is InChI=1S/C13H14ClFN2S/c1-9-13(18-8-16-9)7-17(2)12-4-10(6-14)3-11(15)5-12/h3-5,8H,6-7H2,1-2H3. The molecule has 0 amide bonds. The van der Waals surface area contributed by atoms with Gasteiger partial charge in [-0.25, -0.2) is 9.37 Å². The van der Waals surface area contributed by atoms with E-state index >= 15 is 0 Å². The largest absolute Gasteiger partial charge is 0.369 e. The van der Waals surface area contributed by atoms with Crippen molar-refractivity contribution in [1.29, 1.82) is 0 Å². The first-order valence-corrected chi connectivity index (χ1v) is 6.97. The van der Waals surface area contributed by atoms with Crippen LogP contribution in [0.4, 0.5) is 10.1 Å². The average Bonchev–Trinajstić information content (AvgIpc) is 2.74. The summed E-state index contributed by atoms with van der Waals surface area (Å²) in [7, 11) is 1.94. The van der Waals surface area contributed by atoms with Crippen molar-refractivity contribution in [3.8, 4) is 0 Å². The third kappa shape index (κ3) is 3.00. The van der Waals surface area contributed by atoms with Gasteiger partial charge in [0.2, 0.25) is 0 Å². The van der Waals surface area contributed by atoms with Gasteiger partial charge < -0.3 is 4.90 Å². The number of aromatic nitrogens is 1. The van der Waals surface area contributed by atoms with Gasteiger partial charge in [0.05, 0.1) is 17.7 Å². The van der Waals surface area contributed by atoms with Gasteiger partial charge in [-0.1, -0.05) is 0 Å². The Labute approximate surface area is 115 Å². The molecule has 0 N–H and O–H groups in total. The summed E-state index contributed by atoms with van der Waals surface area (Å²) in [5.41, 5.74) is 4.48. The van der Waals surface area contributed by atoms with Crippen molar-refractivity contribution >= 4 is 28.6 Å². The predicted molar refractivity (Wildman–Crippen MR) is 74.9 cm³/mol. The van der Waals surface area contributed by atoms with Crippen LogP contribution in [0.5, 0.6) is 0 Å². The highest BCUT2D eigenvalue weighted by Crippen LogP contribution is 2.22. The van der Waals surface area contributed by atoms with Crippen molar-refractivity contribution in [1.82, 2.24) is 4.98 Å². The first-order chi connectivity index (χ1) is 8.60. The molecule has 0 fully saturated rings. The molecular formula is C13H14ClFN2S. The minimum atomic E-state index is -0.254. The van der Waals surface area contributed by atoms with E-state index in [1.165, 1.54) is 17.0 Å². The Morgan fingerprint density at radius 1 is 1.39 bits per heavy atom. The maximum Gasteiger partial charge on any atom is 0.125 e. The van der Waals surface area contributed by atoms with E-state index in [-0.39, 0.29) is 5.82 Å². The molecule has 1 aromatic carbocycles. The van der Waals surface area contributed by atoms with E-state index in [0.29, 0.717) is 5.88 Å². The molecule has 1 aromatic heterocycles. The average molecular weight is 285 g/mol. The second-order valence-electron chi connectivity index (χ2n) is 4.17. The van der Waals surface area contributed by atoms with E-state index in [4.69, 9.17) is 11.6 Å². The zero-order valence-electron chi connectivity index (χ0n) is 10.3. The van der Waals surface area contributed by atoms with E-state index < -0.39 is 0 Å². The number of hydrogen-bond acceptors (Lipinski definition) is 3. The van der Waals surface area contributed by atoms with Crippen LogP contribution >= 0.6 is 22.9 Å². The number of aryl methyl sites for hydroxylation is 1. The molecule has 18 heavy (non-hydrogen) atoms. The fraction of sp³-hybridized carbons (Fsp3) is 0.308. The van der Waals surface area contributed by atoms with Gasteiger partial charge in [-0.05, 0) is 30.7 Å². The van der Waals surface area contributed by atoms with Crippen LogP contribution in [-0.2, 0) is 12.4 Å². The third-order valence-electron chi connectivity index (χ3n) is 2.76. The molecular weight excluding hydrogens is 271 g/mol. The highest BCUT2D eigenvalue weighted by molar-refractivity contribution is 7.09. The molecule has 96 valence electrons. The van der Waals surface area contributed by atoms with Crippen molar-refractivity contribution in [2.24, 2.45) is 0 Å². The van der Waals surface area contributed by atoms with Gasteiger partial charge in [0, 0.05) is 23.5 Å². The lowest BCUT2D eigenvalue weighted by Gasteiger charge is -2.19. The molecule has 0 atom stereocenters. The predicted octanol–water partition coefficient (Wildman–Crippen LogP) is 3.97. The highest BCUT2D eigenvalue weighted by Gasteiger charge is 2.08. The lowest BCUT2D eigenvalue weighted by atomic mass is 10.2. The fourth-order valence-electron chi connectivity index (χ4n) is 1.72. The fourth-order valence-corrected chi connectivity index (χ4v) is 2.70. The van der Waals surface area contributed by atoms with E-state index in [1.54, 1.807) is 11.3 Å². The lowest BCUT2D eigenvalue weighted by molar-refractivity contribution is 0.625. The molecule has 1 heterocycles. The van der Waals surface area contributed by atoms with Gasteiger partial charge in [-0.3, -0.25) is 0 Å². The first kappa shape index (κ1) is 13.3. The number of benzene rings is 1. The third-order valence-corrected chi connectivity index (χ3v) is 3.99. The molecule has 0 aliphatic carbocycles. The van der Waals surface area contributed by atoms with E-state index in [2.05, 4.69) is 4.98 Å².